The molecule has 1 aromatic rings. The van der Waals surface area contributed by atoms with Crippen molar-refractivity contribution in [2.75, 3.05) is 31.7 Å². The third-order valence-corrected chi connectivity index (χ3v) is 3.82. The van der Waals surface area contributed by atoms with Crippen molar-refractivity contribution in [1.82, 2.24) is 10.2 Å². The average Bonchev–Trinajstić information content (AvgIpc) is 2.75. The Labute approximate surface area is 112 Å². The summed E-state index contributed by atoms with van der Waals surface area (Å²) in [5, 5.41) is 5.85. The van der Waals surface area contributed by atoms with Gasteiger partial charge in [0.2, 0.25) is 0 Å². The number of anilines is 1. The summed E-state index contributed by atoms with van der Waals surface area (Å²) in [7, 11) is 2.07. The number of benzene rings is 1. The summed E-state index contributed by atoms with van der Waals surface area (Å²) in [5.74, 6) is 0. The Bertz CT molecular complexity index is 407. The molecule has 1 aliphatic rings. The molecular formula is C13H19N3OS. The molecule has 5 heteroatoms. The van der Waals surface area contributed by atoms with Crippen LogP contribution in [0.15, 0.2) is 29.2 Å². The first-order chi connectivity index (χ1) is 8.67. The van der Waals surface area contributed by atoms with E-state index in [0.29, 0.717) is 0 Å². The van der Waals surface area contributed by atoms with Gasteiger partial charge in [0.25, 0.3) is 0 Å². The summed E-state index contributed by atoms with van der Waals surface area (Å²) < 4.78 is 0. The Morgan fingerprint density at radius 3 is 2.67 bits per heavy atom. The number of urea groups is 1. The van der Waals surface area contributed by atoms with Gasteiger partial charge in [0.15, 0.2) is 0 Å². The highest BCUT2D eigenvalue weighted by atomic mass is 32.2. The first kappa shape index (κ1) is 13.2. The van der Waals surface area contributed by atoms with Crippen molar-refractivity contribution >= 4 is 23.5 Å². The van der Waals surface area contributed by atoms with Crippen molar-refractivity contribution in [1.29, 1.82) is 0 Å². The predicted octanol–water partition coefficient (Wildman–Crippen LogP) is 2.23. The van der Waals surface area contributed by atoms with Crippen LogP contribution >= 0.6 is 11.8 Å². The standard InChI is InChI=1S/C13H19N3OS/c1-16-8-7-11(9-16)15-13(17)14-10-3-5-12(18-2)6-4-10/h3-6,11H,7-9H2,1-2H3,(H2,14,15,17). The molecule has 98 valence electrons. The average molecular weight is 265 g/mol. The van der Waals surface area contributed by atoms with Crippen molar-refractivity contribution in [2.45, 2.75) is 17.4 Å². The van der Waals surface area contributed by atoms with Crippen LogP contribution in [0, 0.1) is 0 Å². The van der Waals surface area contributed by atoms with E-state index in [-0.39, 0.29) is 12.1 Å². The van der Waals surface area contributed by atoms with E-state index >= 15 is 0 Å². The lowest BCUT2D eigenvalue weighted by molar-refractivity contribution is 0.248. The molecule has 1 atom stereocenters. The minimum Gasteiger partial charge on any atom is -0.334 e. The largest absolute Gasteiger partial charge is 0.334 e. The van der Waals surface area contributed by atoms with Crippen LogP contribution in [0.25, 0.3) is 0 Å². The van der Waals surface area contributed by atoms with Crippen LogP contribution in [-0.2, 0) is 0 Å². The molecule has 1 unspecified atom stereocenters. The van der Waals surface area contributed by atoms with E-state index in [1.54, 1.807) is 11.8 Å². The van der Waals surface area contributed by atoms with Gasteiger partial charge in [0.1, 0.15) is 0 Å². The summed E-state index contributed by atoms with van der Waals surface area (Å²) in [6.07, 6.45) is 3.06. The van der Waals surface area contributed by atoms with Gasteiger partial charge in [0, 0.05) is 23.2 Å². The van der Waals surface area contributed by atoms with Crippen molar-refractivity contribution in [3.63, 3.8) is 0 Å². The minimum absolute atomic E-state index is 0.118. The number of carbonyl (C=O) groups excluding carboxylic acids is 1. The molecule has 1 aliphatic heterocycles. The Kier molecular flexibility index (Phi) is 4.49. The predicted molar refractivity (Wildman–Crippen MR) is 76.3 cm³/mol. The quantitative estimate of drug-likeness (QED) is 0.824. The maximum atomic E-state index is 11.8. The lowest BCUT2D eigenvalue weighted by Gasteiger charge is -2.13. The van der Waals surface area contributed by atoms with Crippen molar-refractivity contribution in [3.05, 3.63) is 24.3 Å². The maximum Gasteiger partial charge on any atom is 0.319 e. The first-order valence-electron chi connectivity index (χ1n) is 6.07. The van der Waals surface area contributed by atoms with Crippen LogP contribution in [0.2, 0.25) is 0 Å². The highest BCUT2D eigenvalue weighted by molar-refractivity contribution is 7.98. The Hall–Kier alpha value is -1.20. The van der Waals surface area contributed by atoms with E-state index in [4.69, 9.17) is 0 Å². The van der Waals surface area contributed by atoms with Crippen molar-refractivity contribution in [3.8, 4) is 0 Å². The molecule has 2 N–H and O–H groups in total. The van der Waals surface area contributed by atoms with Crippen LogP contribution in [0.4, 0.5) is 10.5 Å². The van der Waals surface area contributed by atoms with Gasteiger partial charge in [-0.25, -0.2) is 4.79 Å². The zero-order valence-electron chi connectivity index (χ0n) is 10.8. The van der Waals surface area contributed by atoms with E-state index in [1.165, 1.54) is 4.90 Å². The van der Waals surface area contributed by atoms with Crippen LogP contribution < -0.4 is 10.6 Å². The fourth-order valence-electron chi connectivity index (χ4n) is 2.08. The summed E-state index contributed by atoms with van der Waals surface area (Å²) in [5.41, 5.74) is 0.830. The number of likely N-dealkylation sites (N-methyl/N-ethyl adjacent to an activating group) is 1. The van der Waals surface area contributed by atoms with Gasteiger partial charge in [-0.05, 0) is 50.5 Å². The molecule has 2 rings (SSSR count). The molecule has 0 aliphatic carbocycles. The maximum absolute atomic E-state index is 11.8. The van der Waals surface area contributed by atoms with Crippen LogP contribution in [0.1, 0.15) is 6.42 Å². The van der Waals surface area contributed by atoms with Crippen LogP contribution in [0.5, 0.6) is 0 Å². The smallest absolute Gasteiger partial charge is 0.319 e. The number of hydrogen-bond donors (Lipinski definition) is 2. The molecular weight excluding hydrogens is 246 g/mol. The number of carbonyl (C=O) groups is 1. The second kappa shape index (κ2) is 6.11. The molecule has 1 heterocycles. The number of nitrogens with one attached hydrogen (secondary N) is 2. The van der Waals surface area contributed by atoms with Gasteiger partial charge >= 0.3 is 6.03 Å². The molecule has 0 radical (unpaired) electrons. The fourth-order valence-corrected chi connectivity index (χ4v) is 2.49. The first-order valence-corrected chi connectivity index (χ1v) is 7.30. The molecule has 18 heavy (non-hydrogen) atoms. The lowest BCUT2D eigenvalue weighted by atomic mass is 10.3. The zero-order chi connectivity index (χ0) is 13.0. The van der Waals surface area contributed by atoms with Crippen molar-refractivity contribution < 1.29 is 4.79 Å². The molecule has 0 spiro atoms. The zero-order valence-corrected chi connectivity index (χ0v) is 11.6. The molecule has 0 saturated carbocycles. The summed E-state index contributed by atoms with van der Waals surface area (Å²) in [6.45, 7) is 1.98. The van der Waals surface area contributed by atoms with Crippen molar-refractivity contribution in [2.24, 2.45) is 0 Å². The second-order valence-corrected chi connectivity index (χ2v) is 5.45. The highest BCUT2D eigenvalue weighted by Gasteiger charge is 2.20. The molecule has 2 amide bonds. The van der Waals surface area contributed by atoms with E-state index < -0.39 is 0 Å². The SMILES string of the molecule is CSc1ccc(NC(=O)NC2CCN(C)C2)cc1. The Balaban J connectivity index is 1.83. The van der Waals surface area contributed by atoms with Gasteiger partial charge in [-0.3, -0.25) is 0 Å². The fraction of sp³-hybridized carbons (Fsp3) is 0.462. The number of thioether (sulfide) groups is 1. The van der Waals surface area contributed by atoms with Gasteiger partial charge in [0.05, 0.1) is 0 Å². The van der Waals surface area contributed by atoms with Gasteiger partial charge in [-0.1, -0.05) is 0 Å². The number of nitrogens with zero attached hydrogens (tertiary/aromatic N) is 1. The lowest BCUT2D eigenvalue weighted by Crippen LogP contribution is -2.39. The van der Waals surface area contributed by atoms with Crippen LogP contribution in [0.3, 0.4) is 0 Å². The number of likely N-dealkylation sites (tertiary alicyclic amines) is 1. The molecule has 0 bridgehead atoms. The summed E-state index contributed by atoms with van der Waals surface area (Å²) in [4.78, 5) is 15.2. The summed E-state index contributed by atoms with van der Waals surface area (Å²) in [6, 6.07) is 8.00. The molecule has 4 nitrogen and oxygen atoms in total. The normalized spacial score (nSPS) is 19.8. The number of rotatable bonds is 3. The Morgan fingerprint density at radius 1 is 1.39 bits per heavy atom. The monoisotopic (exact) mass is 265 g/mol. The van der Waals surface area contributed by atoms with E-state index in [9.17, 15) is 4.79 Å². The third kappa shape index (κ3) is 3.65. The molecule has 1 aromatic carbocycles. The van der Waals surface area contributed by atoms with E-state index in [1.807, 2.05) is 30.5 Å². The second-order valence-electron chi connectivity index (χ2n) is 4.57. The molecule has 0 aromatic heterocycles. The van der Waals surface area contributed by atoms with Gasteiger partial charge < -0.3 is 15.5 Å². The van der Waals surface area contributed by atoms with Crippen LogP contribution in [-0.4, -0.2) is 43.4 Å². The molecule has 1 fully saturated rings. The third-order valence-electron chi connectivity index (χ3n) is 3.07. The number of hydrogen-bond acceptors (Lipinski definition) is 3. The van der Waals surface area contributed by atoms with Gasteiger partial charge in [-0.15, -0.1) is 11.8 Å². The topological polar surface area (TPSA) is 44.4 Å². The highest BCUT2D eigenvalue weighted by Crippen LogP contribution is 2.17. The summed E-state index contributed by atoms with van der Waals surface area (Å²) >= 11 is 1.69. The van der Waals surface area contributed by atoms with E-state index in [0.717, 1.165) is 25.2 Å². The molecule has 1 saturated heterocycles. The minimum atomic E-state index is -0.118. The number of amides is 2. The van der Waals surface area contributed by atoms with Gasteiger partial charge in [-0.2, -0.15) is 0 Å². The Morgan fingerprint density at radius 2 is 2.11 bits per heavy atom. The van der Waals surface area contributed by atoms with E-state index in [2.05, 4.69) is 22.6 Å².